The third-order valence-electron chi connectivity index (χ3n) is 17.8. The molecule has 0 saturated heterocycles. The molecule has 2 aliphatic rings. The van der Waals surface area contributed by atoms with Gasteiger partial charge in [0.2, 0.25) is 13.4 Å². The molecule has 334 valence electrons. The number of benzene rings is 16. The summed E-state index contributed by atoms with van der Waals surface area (Å²) in [5.41, 5.74) is 13.8. The molecule has 0 N–H and O–H groups in total. The minimum atomic E-state index is 0.00806. The summed E-state index contributed by atoms with van der Waals surface area (Å²) >= 11 is 0. The van der Waals surface area contributed by atoms with E-state index in [1.54, 1.807) is 0 Å². The lowest BCUT2D eigenvalue weighted by molar-refractivity contribution is 1.76. The fraction of sp³-hybridized carbons (Fsp3) is 0. The number of hydrogen-bond donors (Lipinski definition) is 0. The normalized spacial score (nSPS) is 13.1. The molecular formula is C72H40B2. The molecule has 74 heavy (non-hydrogen) atoms. The highest BCUT2D eigenvalue weighted by Crippen LogP contribution is 2.43. The summed E-state index contributed by atoms with van der Waals surface area (Å²) in [6.07, 6.45) is 0. The SMILES string of the molecule is c1ccc2cc3c(B4c5c(ccc6cc7ccccc7cc56)-c5cc6ccc7c8c(cc9ccc(c54)c6c97)-c4ccc5cc6ccccc6cc5c4B8c4cccc5cc6ccccc6cc45)cccc3cc2c1. The average Bonchev–Trinajstić information content (AvgIpc) is 4.06. The van der Waals surface area contributed by atoms with Crippen LogP contribution >= 0.6 is 0 Å². The Morgan fingerprint density at radius 2 is 0.473 bits per heavy atom. The first-order valence-electron chi connectivity index (χ1n) is 26.2. The van der Waals surface area contributed by atoms with Crippen LogP contribution in [0.1, 0.15) is 0 Å². The van der Waals surface area contributed by atoms with E-state index >= 15 is 0 Å². The van der Waals surface area contributed by atoms with Crippen LogP contribution in [0.3, 0.4) is 0 Å². The Morgan fingerprint density at radius 3 is 0.851 bits per heavy atom. The fourth-order valence-corrected chi connectivity index (χ4v) is 14.6. The van der Waals surface area contributed by atoms with E-state index in [2.05, 4.69) is 243 Å². The van der Waals surface area contributed by atoms with Gasteiger partial charge in [-0.1, -0.05) is 215 Å². The summed E-state index contributed by atoms with van der Waals surface area (Å²) in [6.45, 7) is 0.0161. The molecule has 0 nitrogen and oxygen atoms in total. The predicted molar refractivity (Wildman–Crippen MR) is 323 cm³/mol. The second-order valence-corrected chi connectivity index (χ2v) is 21.4. The van der Waals surface area contributed by atoms with Gasteiger partial charge >= 0.3 is 0 Å². The zero-order valence-corrected chi connectivity index (χ0v) is 40.2. The Hall–Kier alpha value is -9.23. The minimum absolute atomic E-state index is 0.00806. The van der Waals surface area contributed by atoms with E-state index in [0.717, 1.165) is 0 Å². The van der Waals surface area contributed by atoms with Crippen LogP contribution in [0.5, 0.6) is 0 Å². The van der Waals surface area contributed by atoms with Crippen LogP contribution in [0.15, 0.2) is 243 Å². The third kappa shape index (κ3) is 5.19. The molecule has 0 fully saturated rings. The highest BCUT2D eigenvalue weighted by Gasteiger charge is 2.41. The maximum Gasteiger partial charge on any atom is 0.245 e. The van der Waals surface area contributed by atoms with Crippen LogP contribution in [0.2, 0.25) is 0 Å². The average molecular weight is 927 g/mol. The lowest BCUT2D eigenvalue weighted by Crippen LogP contribution is -2.50. The smallest absolute Gasteiger partial charge is 0.0663 e. The van der Waals surface area contributed by atoms with Crippen molar-refractivity contribution in [2.45, 2.75) is 0 Å². The lowest BCUT2D eigenvalue weighted by Gasteiger charge is -2.22. The largest absolute Gasteiger partial charge is 0.245 e. The van der Waals surface area contributed by atoms with E-state index in [4.69, 9.17) is 0 Å². The van der Waals surface area contributed by atoms with Gasteiger partial charge < -0.3 is 0 Å². The highest BCUT2D eigenvalue weighted by atomic mass is 14.3. The van der Waals surface area contributed by atoms with Gasteiger partial charge in [0.25, 0.3) is 0 Å². The number of rotatable bonds is 2. The molecule has 0 saturated carbocycles. The predicted octanol–water partition coefficient (Wildman–Crippen LogP) is 14.8. The maximum atomic E-state index is 2.55. The van der Waals surface area contributed by atoms with E-state index in [-0.39, 0.29) is 13.4 Å². The summed E-state index contributed by atoms with van der Waals surface area (Å²) < 4.78 is 0. The number of fused-ring (bicyclic) bond motifs is 18. The van der Waals surface area contributed by atoms with Crippen molar-refractivity contribution >= 4 is 165 Å². The van der Waals surface area contributed by atoms with Crippen LogP contribution in [-0.4, -0.2) is 13.4 Å². The highest BCUT2D eigenvalue weighted by molar-refractivity contribution is 7.04. The molecule has 0 spiro atoms. The molecule has 2 heteroatoms. The van der Waals surface area contributed by atoms with Crippen molar-refractivity contribution in [2.75, 3.05) is 0 Å². The van der Waals surface area contributed by atoms with Crippen LogP contribution in [0.25, 0.3) is 141 Å². The quantitative estimate of drug-likeness (QED) is 0.0921. The van der Waals surface area contributed by atoms with Gasteiger partial charge in [-0.3, -0.25) is 0 Å². The Bertz CT molecular complexity index is 4890. The molecular weight excluding hydrogens is 886 g/mol. The standard InChI is InChI=1S/C72H40B2/c1-5-15-45-35-59-49(31-41(45)11-1)19-9-21-65(59)73-69-55(27-23-51-33-43-13-3-7-17-47(43)37-61(51)69)63-39-53-26-30-58-68-54(25-29-57(67(53)68)71(63)73)40-64-56-28-24-52-34-44-14-4-8-18-48(44)38-62(52)70(56)74(72(58)64)66-22-10-20-50-32-42-12-2-6-16-46(42)36-60(50)66/h1-40H. The van der Waals surface area contributed by atoms with E-state index in [1.807, 2.05) is 0 Å². The molecule has 18 rings (SSSR count). The van der Waals surface area contributed by atoms with Gasteiger partial charge in [-0.25, -0.2) is 0 Å². The molecule has 0 aliphatic carbocycles. The van der Waals surface area contributed by atoms with Crippen molar-refractivity contribution < 1.29 is 0 Å². The van der Waals surface area contributed by atoms with Crippen molar-refractivity contribution in [3.8, 4) is 22.3 Å². The summed E-state index contributed by atoms with van der Waals surface area (Å²) in [6, 6.07) is 93.5. The Balaban J connectivity index is 0.957. The second-order valence-electron chi connectivity index (χ2n) is 21.4. The minimum Gasteiger partial charge on any atom is -0.0663 e. The van der Waals surface area contributed by atoms with Gasteiger partial charge in [-0.15, -0.1) is 0 Å². The van der Waals surface area contributed by atoms with Crippen LogP contribution in [0.4, 0.5) is 0 Å². The topological polar surface area (TPSA) is 0 Å². The van der Waals surface area contributed by atoms with Crippen molar-refractivity contribution in [1.29, 1.82) is 0 Å². The van der Waals surface area contributed by atoms with Gasteiger partial charge in [-0.05, 0) is 201 Å². The van der Waals surface area contributed by atoms with Gasteiger partial charge in [0.15, 0.2) is 0 Å². The Labute approximate surface area is 427 Å². The molecule has 16 aromatic carbocycles. The molecule has 0 aromatic heterocycles. The molecule has 0 unspecified atom stereocenters. The number of hydrogen-bond acceptors (Lipinski definition) is 0. The Kier molecular flexibility index (Phi) is 7.59. The summed E-state index contributed by atoms with van der Waals surface area (Å²) in [5, 5.41) is 28.7. The lowest BCUT2D eigenvalue weighted by atomic mass is 9.37. The van der Waals surface area contributed by atoms with Crippen molar-refractivity contribution in [2.24, 2.45) is 0 Å². The van der Waals surface area contributed by atoms with Gasteiger partial charge in [0.05, 0.1) is 0 Å². The second kappa shape index (κ2) is 14.3. The molecule has 16 aromatic rings. The van der Waals surface area contributed by atoms with Gasteiger partial charge in [0, 0.05) is 0 Å². The monoisotopic (exact) mass is 926 g/mol. The van der Waals surface area contributed by atoms with E-state index in [9.17, 15) is 0 Å². The zero-order chi connectivity index (χ0) is 47.9. The first kappa shape index (κ1) is 39.4. The van der Waals surface area contributed by atoms with Gasteiger partial charge in [-0.2, -0.15) is 0 Å². The van der Waals surface area contributed by atoms with Crippen LogP contribution in [-0.2, 0) is 0 Å². The first-order valence-corrected chi connectivity index (χ1v) is 26.2. The first-order chi connectivity index (χ1) is 36.7. The van der Waals surface area contributed by atoms with Gasteiger partial charge in [0.1, 0.15) is 0 Å². The summed E-state index contributed by atoms with van der Waals surface area (Å²) in [5.74, 6) is 0. The summed E-state index contributed by atoms with van der Waals surface area (Å²) in [4.78, 5) is 0. The molecule has 0 bridgehead atoms. The third-order valence-corrected chi connectivity index (χ3v) is 17.8. The van der Waals surface area contributed by atoms with Crippen LogP contribution < -0.4 is 32.8 Å². The molecule has 0 amide bonds. The molecule has 2 aliphatic heterocycles. The molecule has 0 radical (unpaired) electrons. The molecule has 0 atom stereocenters. The van der Waals surface area contributed by atoms with Crippen molar-refractivity contribution in [3.05, 3.63) is 243 Å². The fourth-order valence-electron chi connectivity index (χ4n) is 14.6. The van der Waals surface area contributed by atoms with E-state index < -0.39 is 0 Å². The maximum absolute atomic E-state index is 2.55. The van der Waals surface area contributed by atoms with E-state index in [0.29, 0.717) is 0 Å². The van der Waals surface area contributed by atoms with E-state index in [1.165, 1.54) is 174 Å². The summed E-state index contributed by atoms with van der Waals surface area (Å²) in [7, 11) is 0. The Morgan fingerprint density at radius 1 is 0.176 bits per heavy atom. The van der Waals surface area contributed by atoms with Crippen molar-refractivity contribution in [3.63, 3.8) is 0 Å². The zero-order valence-electron chi connectivity index (χ0n) is 40.2. The van der Waals surface area contributed by atoms with Crippen LogP contribution in [0, 0.1) is 0 Å². The van der Waals surface area contributed by atoms with Crippen molar-refractivity contribution in [1.82, 2.24) is 0 Å². The molecule has 2 heterocycles.